The summed E-state index contributed by atoms with van der Waals surface area (Å²) in [6.07, 6.45) is 1.68. The summed E-state index contributed by atoms with van der Waals surface area (Å²) >= 11 is 12.3. The van der Waals surface area contributed by atoms with Crippen molar-refractivity contribution in [3.05, 3.63) is 33.8 Å². The Morgan fingerprint density at radius 2 is 2.00 bits per heavy atom. The summed E-state index contributed by atoms with van der Waals surface area (Å²) < 4.78 is 0. The van der Waals surface area contributed by atoms with Crippen LogP contribution in [-0.2, 0) is 0 Å². The second-order valence-corrected chi connectivity index (χ2v) is 4.81. The minimum absolute atomic E-state index is 0.0959. The molecule has 1 fully saturated rings. The Kier molecular flexibility index (Phi) is 3.70. The smallest absolute Gasteiger partial charge is 0.0657 e. The van der Waals surface area contributed by atoms with Gasteiger partial charge in [0.15, 0.2) is 0 Å². The quantitative estimate of drug-likeness (QED) is 0.832. The molecular formula is C12H12Cl2N2. The van der Waals surface area contributed by atoms with Crippen LogP contribution in [0.1, 0.15) is 24.4 Å². The maximum Gasteiger partial charge on any atom is 0.0657 e. The lowest BCUT2D eigenvalue weighted by molar-refractivity contribution is 0.356. The van der Waals surface area contributed by atoms with Gasteiger partial charge in [0.25, 0.3) is 0 Å². The van der Waals surface area contributed by atoms with Crippen molar-refractivity contribution in [2.45, 2.75) is 18.9 Å². The largest absolute Gasteiger partial charge is 0.310 e. The highest BCUT2D eigenvalue weighted by Gasteiger charge is 2.25. The van der Waals surface area contributed by atoms with Crippen LogP contribution in [0.5, 0.6) is 0 Å². The molecule has 1 aromatic rings. The van der Waals surface area contributed by atoms with Gasteiger partial charge >= 0.3 is 0 Å². The van der Waals surface area contributed by atoms with E-state index in [9.17, 15) is 0 Å². The van der Waals surface area contributed by atoms with Crippen molar-refractivity contribution in [2.24, 2.45) is 5.92 Å². The maximum absolute atomic E-state index is 8.95. The topological polar surface area (TPSA) is 35.8 Å². The van der Waals surface area contributed by atoms with Gasteiger partial charge in [0.05, 0.1) is 6.07 Å². The highest BCUT2D eigenvalue weighted by molar-refractivity contribution is 6.36. The van der Waals surface area contributed by atoms with E-state index in [1.54, 1.807) is 0 Å². The third-order valence-corrected chi connectivity index (χ3v) is 3.59. The van der Waals surface area contributed by atoms with Crippen molar-refractivity contribution >= 4 is 23.2 Å². The Labute approximate surface area is 105 Å². The van der Waals surface area contributed by atoms with Gasteiger partial charge in [-0.15, -0.1) is 0 Å². The fourth-order valence-corrected chi connectivity index (χ4v) is 2.76. The van der Waals surface area contributed by atoms with E-state index in [2.05, 4.69) is 11.4 Å². The highest BCUT2D eigenvalue weighted by atomic mass is 35.5. The number of halogens is 2. The average Bonchev–Trinajstić information content (AvgIpc) is 2.29. The van der Waals surface area contributed by atoms with E-state index >= 15 is 0 Å². The van der Waals surface area contributed by atoms with Crippen LogP contribution in [0.15, 0.2) is 18.2 Å². The second kappa shape index (κ2) is 5.05. The van der Waals surface area contributed by atoms with Gasteiger partial charge in [-0.1, -0.05) is 29.3 Å². The van der Waals surface area contributed by atoms with Crippen LogP contribution in [0.25, 0.3) is 0 Å². The molecule has 1 saturated heterocycles. The summed E-state index contributed by atoms with van der Waals surface area (Å²) in [5.74, 6) is 0.0959. The van der Waals surface area contributed by atoms with Gasteiger partial charge in [0, 0.05) is 27.6 Å². The Bertz CT molecular complexity index is 405. The number of nitrogens with one attached hydrogen (secondary N) is 1. The molecule has 1 aliphatic rings. The molecule has 0 radical (unpaired) electrons. The summed E-state index contributed by atoms with van der Waals surface area (Å²) in [6.45, 7) is 0.838. The minimum Gasteiger partial charge on any atom is -0.310 e. The summed E-state index contributed by atoms with van der Waals surface area (Å²) in [6, 6.07) is 7.91. The molecule has 1 aromatic carbocycles. The molecule has 1 aliphatic heterocycles. The molecule has 2 unspecified atom stereocenters. The van der Waals surface area contributed by atoms with E-state index < -0.39 is 0 Å². The molecule has 2 rings (SSSR count). The molecule has 1 heterocycles. The molecule has 84 valence electrons. The first kappa shape index (κ1) is 11.7. The van der Waals surface area contributed by atoms with Gasteiger partial charge in [-0.25, -0.2) is 0 Å². The third-order valence-electron chi connectivity index (χ3n) is 2.93. The molecule has 0 aliphatic carbocycles. The first-order chi connectivity index (χ1) is 7.72. The van der Waals surface area contributed by atoms with Crippen LogP contribution in [0, 0.1) is 17.2 Å². The van der Waals surface area contributed by atoms with Crippen LogP contribution in [-0.4, -0.2) is 6.54 Å². The van der Waals surface area contributed by atoms with E-state index in [4.69, 9.17) is 28.5 Å². The van der Waals surface area contributed by atoms with Gasteiger partial charge in [0.1, 0.15) is 0 Å². The number of nitriles is 1. The fraction of sp³-hybridized carbons (Fsp3) is 0.417. The zero-order chi connectivity index (χ0) is 11.5. The third kappa shape index (κ3) is 2.32. The fourth-order valence-electron chi connectivity index (χ4n) is 2.10. The molecule has 4 heteroatoms. The number of rotatable bonds is 1. The predicted octanol–water partition coefficient (Wildman–Crippen LogP) is 3.56. The van der Waals surface area contributed by atoms with Gasteiger partial charge in [-0.3, -0.25) is 0 Å². The molecule has 1 N–H and O–H groups in total. The number of hydrogen-bond donors (Lipinski definition) is 1. The van der Waals surface area contributed by atoms with E-state index in [1.807, 2.05) is 18.2 Å². The van der Waals surface area contributed by atoms with Crippen molar-refractivity contribution in [3.63, 3.8) is 0 Å². The van der Waals surface area contributed by atoms with Crippen LogP contribution in [0.3, 0.4) is 0 Å². The lowest BCUT2D eigenvalue weighted by Crippen LogP contribution is -2.31. The Morgan fingerprint density at radius 1 is 1.31 bits per heavy atom. The number of piperidine rings is 1. The maximum atomic E-state index is 8.95. The normalized spacial score (nSPS) is 25.1. The Balaban J connectivity index is 2.27. The van der Waals surface area contributed by atoms with Gasteiger partial charge < -0.3 is 5.32 Å². The number of hydrogen-bond acceptors (Lipinski definition) is 2. The molecule has 16 heavy (non-hydrogen) atoms. The molecule has 0 spiro atoms. The van der Waals surface area contributed by atoms with Gasteiger partial charge in [-0.05, 0) is 31.5 Å². The van der Waals surface area contributed by atoms with Gasteiger partial charge in [0.2, 0.25) is 0 Å². The molecule has 0 saturated carbocycles. The summed E-state index contributed by atoms with van der Waals surface area (Å²) in [4.78, 5) is 0. The zero-order valence-corrected chi connectivity index (χ0v) is 10.2. The molecule has 0 bridgehead atoms. The number of benzene rings is 1. The SMILES string of the molecule is N#CC1CCNC(c2c(Cl)cccc2Cl)C1. The van der Waals surface area contributed by atoms with Crippen molar-refractivity contribution in [1.82, 2.24) is 5.32 Å². The monoisotopic (exact) mass is 254 g/mol. The second-order valence-electron chi connectivity index (χ2n) is 3.99. The summed E-state index contributed by atoms with van der Waals surface area (Å²) in [5, 5.41) is 13.7. The van der Waals surface area contributed by atoms with Crippen LogP contribution >= 0.6 is 23.2 Å². The van der Waals surface area contributed by atoms with E-state index in [-0.39, 0.29) is 12.0 Å². The van der Waals surface area contributed by atoms with Crippen LogP contribution in [0.4, 0.5) is 0 Å². The molecule has 2 atom stereocenters. The Morgan fingerprint density at radius 3 is 2.62 bits per heavy atom. The van der Waals surface area contributed by atoms with Crippen molar-refractivity contribution < 1.29 is 0 Å². The zero-order valence-electron chi connectivity index (χ0n) is 8.71. The van der Waals surface area contributed by atoms with E-state index in [0.29, 0.717) is 10.0 Å². The number of nitrogens with zero attached hydrogens (tertiary/aromatic N) is 1. The Hall–Kier alpha value is -0.750. The van der Waals surface area contributed by atoms with Gasteiger partial charge in [-0.2, -0.15) is 5.26 Å². The molecular weight excluding hydrogens is 243 g/mol. The van der Waals surface area contributed by atoms with E-state index in [1.165, 1.54) is 0 Å². The molecule has 0 amide bonds. The molecule has 2 nitrogen and oxygen atoms in total. The minimum atomic E-state index is 0.0959. The highest BCUT2D eigenvalue weighted by Crippen LogP contribution is 2.35. The van der Waals surface area contributed by atoms with Crippen molar-refractivity contribution in [3.8, 4) is 6.07 Å². The van der Waals surface area contributed by atoms with Crippen molar-refractivity contribution in [2.75, 3.05) is 6.54 Å². The lowest BCUT2D eigenvalue weighted by Gasteiger charge is -2.28. The van der Waals surface area contributed by atoms with Crippen molar-refractivity contribution in [1.29, 1.82) is 5.26 Å². The lowest BCUT2D eigenvalue weighted by atomic mass is 9.90. The first-order valence-electron chi connectivity index (χ1n) is 5.29. The standard InChI is InChI=1S/C12H12Cl2N2/c13-9-2-1-3-10(14)12(9)11-6-8(7-15)4-5-16-11/h1-3,8,11,16H,4-6H2. The molecule has 0 aromatic heterocycles. The summed E-state index contributed by atoms with van der Waals surface area (Å²) in [7, 11) is 0. The van der Waals surface area contributed by atoms with Crippen LogP contribution in [0.2, 0.25) is 10.0 Å². The van der Waals surface area contributed by atoms with Crippen LogP contribution < -0.4 is 5.32 Å². The average molecular weight is 255 g/mol. The summed E-state index contributed by atoms with van der Waals surface area (Å²) in [5.41, 5.74) is 0.922. The predicted molar refractivity (Wildman–Crippen MR) is 65.5 cm³/mol. The first-order valence-corrected chi connectivity index (χ1v) is 6.05. The van der Waals surface area contributed by atoms with E-state index in [0.717, 1.165) is 24.9 Å².